The molecule has 0 saturated heterocycles. The third-order valence-electron chi connectivity index (χ3n) is 6.47. The molecule has 2 heterocycles. The number of methoxy groups -OCH3 is 1. The fourth-order valence-electron chi connectivity index (χ4n) is 4.58. The molecule has 2 aromatic carbocycles. The van der Waals surface area contributed by atoms with Crippen molar-refractivity contribution >= 4 is 17.7 Å². The van der Waals surface area contributed by atoms with E-state index in [2.05, 4.69) is 15.2 Å². The molecule has 1 aliphatic rings. The summed E-state index contributed by atoms with van der Waals surface area (Å²) in [7, 11) is 1.26. The maximum atomic E-state index is 14.0. The van der Waals surface area contributed by atoms with Crippen LogP contribution in [0.15, 0.2) is 48.5 Å². The van der Waals surface area contributed by atoms with Gasteiger partial charge in [-0.1, -0.05) is 36.4 Å². The maximum absolute atomic E-state index is 14.0. The number of aromatic nitrogens is 2. The van der Waals surface area contributed by atoms with Gasteiger partial charge in [0.1, 0.15) is 11.4 Å². The number of aliphatic hydroxyl groups excluding tert-OH is 1. The molecule has 1 unspecified atom stereocenters. The number of nitrogens with zero attached hydrogens (tertiary/aromatic N) is 3. The van der Waals surface area contributed by atoms with Crippen molar-refractivity contribution in [1.29, 1.82) is 0 Å². The second-order valence-electron chi connectivity index (χ2n) is 9.15. The lowest BCUT2D eigenvalue weighted by Crippen LogP contribution is -2.31. The van der Waals surface area contributed by atoms with Crippen LogP contribution in [0.2, 0.25) is 0 Å². The number of nitrogens with one attached hydrogen (secondary N) is 1. The van der Waals surface area contributed by atoms with Gasteiger partial charge in [-0.05, 0) is 48.6 Å². The molecule has 0 aliphatic carbocycles. The highest BCUT2D eigenvalue weighted by Gasteiger charge is 2.44. The number of carbonyl (C=O) groups excluding carboxylic acids is 2. The molecule has 11 heteroatoms. The Kier molecular flexibility index (Phi) is 8.05. The molecular formula is C27H29F3N4O4. The van der Waals surface area contributed by atoms with Gasteiger partial charge >= 0.3 is 12.1 Å². The minimum absolute atomic E-state index is 0.0715. The minimum atomic E-state index is -4.81. The summed E-state index contributed by atoms with van der Waals surface area (Å²) in [6, 6.07) is 13.3. The summed E-state index contributed by atoms with van der Waals surface area (Å²) in [4.78, 5) is 26.7. The summed E-state index contributed by atoms with van der Waals surface area (Å²) in [6.07, 6.45) is -3.51. The zero-order chi connectivity index (χ0) is 27.4. The zero-order valence-corrected chi connectivity index (χ0v) is 21.1. The van der Waals surface area contributed by atoms with Crippen molar-refractivity contribution < 1.29 is 32.6 Å². The monoisotopic (exact) mass is 530 g/mol. The van der Waals surface area contributed by atoms with Crippen molar-refractivity contribution in [2.75, 3.05) is 25.2 Å². The Bertz CT molecular complexity index is 1300. The molecule has 2 N–H and O–H groups in total. The number of aliphatic hydroxyl groups is 1. The number of anilines is 1. The van der Waals surface area contributed by atoms with E-state index in [4.69, 9.17) is 5.11 Å². The molecule has 1 aliphatic heterocycles. The second-order valence-corrected chi connectivity index (χ2v) is 9.15. The number of halogens is 3. The Labute approximate surface area is 218 Å². The van der Waals surface area contributed by atoms with E-state index in [1.54, 1.807) is 24.0 Å². The first-order valence-corrected chi connectivity index (χ1v) is 12.2. The van der Waals surface area contributed by atoms with Crippen LogP contribution in [-0.2, 0) is 30.4 Å². The Morgan fingerprint density at radius 3 is 2.50 bits per heavy atom. The first-order chi connectivity index (χ1) is 18.1. The van der Waals surface area contributed by atoms with Gasteiger partial charge in [-0.2, -0.15) is 18.3 Å². The van der Waals surface area contributed by atoms with Gasteiger partial charge in [-0.15, -0.1) is 0 Å². The predicted molar refractivity (Wildman–Crippen MR) is 134 cm³/mol. The van der Waals surface area contributed by atoms with Gasteiger partial charge in [-0.25, -0.2) is 9.48 Å². The zero-order valence-electron chi connectivity index (χ0n) is 21.1. The lowest BCUT2D eigenvalue weighted by atomic mass is 10.0. The van der Waals surface area contributed by atoms with Crippen LogP contribution in [0.4, 0.5) is 19.0 Å². The van der Waals surface area contributed by atoms with Gasteiger partial charge in [-0.3, -0.25) is 4.79 Å². The molecule has 202 valence electrons. The third kappa shape index (κ3) is 5.83. The van der Waals surface area contributed by atoms with E-state index in [0.29, 0.717) is 37.1 Å². The first kappa shape index (κ1) is 27.2. The standard InChI is InChI=1S/C27H29F3N4O4/c1-17(20-8-10-21(11-9-20)26(37)38-2)31-24(36)22-23(27(28,29)30)32-34-13-12-33(25(22)34)16-19-6-3-5-18(15-19)7-4-14-35/h3,5-6,8-11,15,17,35H,4,7,12-14,16H2,1-2H3,(H,31,36). The molecule has 1 amide bonds. The lowest BCUT2D eigenvalue weighted by molar-refractivity contribution is -0.141. The number of carbonyl (C=O) groups is 2. The second kappa shape index (κ2) is 11.3. The van der Waals surface area contributed by atoms with E-state index in [0.717, 1.165) is 11.1 Å². The van der Waals surface area contributed by atoms with Gasteiger partial charge in [0.2, 0.25) is 0 Å². The molecule has 8 nitrogen and oxygen atoms in total. The number of ether oxygens (including phenoxy) is 1. The van der Waals surface area contributed by atoms with Gasteiger partial charge in [0, 0.05) is 19.7 Å². The van der Waals surface area contributed by atoms with Crippen LogP contribution in [0.5, 0.6) is 0 Å². The summed E-state index contributed by atoms with van der Waals surface area (Å²) in [5.74, 6) is -1.27. The van der Waals surface area contributed by atoms with Crippen molar-refractivity contribution in [1.82, 2.24) is 15.1 Å². The molecule has 38 heavy (non-hydrogen) atoms. The van der Waals surface area contributed by atoms with Crippen molar-refractivity contribution in [3.05, 3.63) is 82.0 Å². The highest BCUT2D eigenvalue weighted by Crippen LogP contribution is 2.38. The first-order valence-electron chi connectivity index (χ1n) is 12.2. The number of hydrogen-bond donors (Lipinski definition) is 2. The molecule has 4 rings (SSSR count). The van der Waals surface area contributed by atoms with Crippen LogP contribution in [0.1, 0.15) is 62.5 Å². The predicted octanol–water partition coefficient (Wildman–Crippen LogP) is 4.12. The molecular weight excluding hydrogens is 501 g/mol. The summed E-state index contributed by atoms with van der Waals surface area (Å²) in [5.41, 5.74) is 1.10. The smallest absolute Gasteiger partial charge is 0.436 e. The molecule has 0 saturated carbocycles. The molecule has 1 atom stereocenters. The average Bonchev–Trinajstić information content (AvgIpc) is 3.47. The molecule has 3 aromatic rings. The van der Waals surface area contributed by atoms with Crippen LogP contribution in [-0.4, -0.2) is 47.0 Å². The van der Waals surface area contributed by atoms with Crippen molar-refractivity contribution in [3.8, 4) is 0 Å². The van der Waals surface area contributed by atoms with E-state index in [9.17, 15) is 22.8 Å². The normalized spacial score (nSPS) is 13.8. The van der Waals surface area contributed by atoms with E-state index >= 15 is 0 Å². The summed E-state index contributed by atoms with van der Waals surface area (Å²) in [5, 5.41) is 15.5. The van der Waals surface area contributed by atoms with E-state index in [1.807, 2.05) is 24.3 Å². The maximum Gasteiger partial charge on any atom is 0.436 e. The number of fused-ring (bicyclic) bond motifs is 1. The number of alkyl halides is 3. The molecule has 1 aromatic heterocycles. The number of benzene rings is 2. The van der Waals surface area contributed by atoms with Crippen LogP contribution < -0.4 is 10.2 Å². The fourth-order valence-corrected chi connectivity index (χ4v) is 4.58. The Morgan fingerprint density at radius 1 is 1.13 bits per heavy atom. The van der Waals surface area contributed by atoms with Crippen molar-refractivity contribution in [2.24, 2.45) is 0 Å². The SMILES string of the molecule is COC(=O)c1ccc(C(C)NC(=O)c2c(C(F)(F)F)nn3c2N(Cc2cccc(CCCO)c2)CC3)cc1. The van der Waals surface area contributed by atoms with E-state index in [1.165, 1.54) is 23.9 Å². The third-order valence-corrected chi connectivity index (χ3v) is 6.47. The van der Waals surface area contributed by atoms with Crippen LogP contribution in [0.25, 0.3) is 0 Å². The quantitative estimate of drug-likeness (QED) is 0.404. The Morgan fingerprint density at radius 2 is 1.84 bits per heavy atom. The molecule has 0 fully saturated rings. The fraction of sp³-hybridized carbons (Fsp3) is 0.370. The van der Waals surface area contributed by atoms with E-state index in [-0.39, 0.29) is 19.0 Å². The largest absolute Gasteiger partial charge is 0.465 e. The summed E-state index contributed by atoms with van der Waals surface area (Å²) >= 11 is 0. The minimum Gasteiger partial charge on any atom is -0.465 e. The number of rotatable bonds is 9. The van der Waals surface area contributed by atoms with Crippen molar-refractivity contribution in [2.45, 2.75) is 45.1 Å². The van der Waals surface area contributed by atoms with E-state index < -0.39 is 35.4 Å². The number of esters is 1. The van der Waals surface area contributed by atoms with Crippen LogP contribution in [0.3, 0.4) is 0 Å². The summed E-state index contributed by atoms with van der Waals surface area (Å²) in [6.45, 7) is 2.66. The Balaban J connectivity index is 1.60. The topological polar surface area (TPSA) is 96.7 Å². The highest BCUT2D eigenvalue weighted by atomic mass is 19.4. The average molecular weight is 531 g/mol. The van der Waals surface area contributed by atoms with Gasteiger partial charge < -0.3 is 20.1 Å². The number of amides is 1. The lowest BCUT2D eigenvalue weighted by Gasteiger charge is -2.21. The summed E-state index contributed by atoms with van der Waals surface area (Å²) < 4.78 is 47.8. The highest BCUT2D eigenvalue weighted by molar-refractivity contribution is 6.01. The van der Waals surface area contributed by atoms with Crippen LogP contribution in [0, 0.1) is 0 Å². The molecule has 0 radical (unpaired) electrons. The van der Waals surface area contributed by atoms with Gasteiger partial charge in [0.05, 0.1) is 25.3 Å². The number of aryl methyl sites for hydroxylation is 1. The molecule has 0 spiro atoms. The van der Waals surface area contributed by atoms with Gasteiger partial charge in [0.25, 0.3) is 5.91 Å². The molecule has 0 bridgehead atoms. The van der Waals surface area contributed by atoms with Crippen LogP contribution >= 0.6 is 0 Å². The van der Waals surface area contributed by atoms with Crippen molar-refractivity contribution in [3.63, 3.8) is 0 Å². The van der Waals surface area contributed by atoms with Gasteiger partial charge in [0.15, 0.2) is 5.69 Å². The number of hydrogen-bond acceptors (Lipinski definition) is 6. The Hall–Kier alpha value is -3.86.